The smallest absolute Gasteiger partial charge is 0.244 e. The summed E-state index contributed by atoms with van der Waals surface area (Å²) in [4.78, 5) is 12.3. The van der Waals surface area contributed by atoms with E-state index in [1.165, 1.54) is 24.3 Å². The van der Waals surface area contributed by atoms with Gasteiger partial charge in [-0.25, -0.2) is 9.07 Å². The molecule has 0 aliphatic heterocycles. The van der Waals surface area contributed by atoms with E-state index in [-0.39, 0.29) is 23.0 Å². The van der Waals surface area contributed by atoms with Crippen LogP contribution in [0.2, 0.25) is 5.02 Å². The van der Waals surface area contributed by atoms with Gasteiger partial charge in [-0.1, -0.05) is 66.2 Å². The molecule has 154 valence electrons. The van der Waals surface area contributed by atoms with Crippen molar-refractivity contribution in [3.63, 3.8) is 0 Å². The minimum Gasteiger partial charge on any atom is -0.348 e. The lowest BCUT2D eigenvalue weighted by molar-refractivity contribution is -0.116. The highest BCUT2D eigenvalue weighted by Crippen LogP contribution is 2.24. The summed E-state index contributed by atoms with van der Waals surface area (Å²) in [6.45, 7) is 0.269. The van der Waals surface area contributed by atoms with Gasteiger partial charge in [-0.05, 0) is 30.3 Å². The summed E-state index contributed by atoms with van der Waals surface area (Å²) in [5.74, 6) is -0.835. The molecule has 0 radical (unpaired) electrons. The Balaban J connectivity index is 1.55. The maximum atomic E-state index is 13.9. The number of benzene rings is 3. The van der Waals surface area contributed by atoms with Crippen LogP contribution < -0.4 is 5.32 Å². The van der Waals surface area contributed by atoms with Gasteiger partial charge in [-0.2, -0.15) is 5.10 Å². The van der Waals surface area contributed by atoms with Gasteiger partial charge in [-0.15, -0.1) is 0 Å². The van der Waals surface area contributed by atoms with Crippen molar-refractivity contribution in [3.05, 3.63) is 113 Å². The zero-order valence-corrected chi connectivity index (χ0v) is 17.3. The Morgan fingerprint density at radius 2 is 1.71 bits per heavy atom. The van der Waals surface area contributed by atoms with E-state index in [2.05, 4.69) is 5.32 Å². The topological polar surface area (TPSA) is 46.9 Å². The van der Waals surface area contributed by atoms with E-state index >= 15 is 0 Å². The van der Waals surface area contributed by atoms with Gasteiger partial charge in [-0.3, -0.25) is 4.79 Å². The molecule has 0 spiro atoms. The van der Waals surface area contributed by atoms with Crippen LogP contribution in [0.5, 0.6) is 0 Å². The Labute approximate surface area is 184 Å². The summed E-state index contributed by atoms with van der Waals surface area (Å²) in [5, 5.41) is 7.81. The minimum atomic E-state index is -0.480. The van der Waals surface area contributed by atoms with Crippen molar-refractivity contribution in [2.75, 3.05) is 0 Å². The third-order valence-electron chi connectivity index (χ3n) is 4.71. The van der Waals surface area contributed by atoms with E-state index < -0.39 is 5.82 Å². The van der Waals surface area contributed by atoms with E-state index in [1.807, 2.05) is 66.9 Å². The average molecular weight is 432 g/mol. The number of nitrogens with zero attached hydrogens (tertiary/aromatic N) is 2. The van der Waals surface area contributed by atoms with E-state index in [9.17, 15) is 9.18 Å². The molecular weight excluding hydrogens is 413 g/mol. The zero-order valence-electron chi connectivity index (χ0n) is 16.5. The monoisotopic (exact) mass is 431 g/mol. The number of amides is 1. The van der Waals surface area contributed by atoms with Gasteiger partial charge in [0.15, 0.2) is 0 Å². The van der Waals surface area contributed by atoms with E-state index in [0.29, 0.717) is 0 Å². The van der Waals surface area contributed by atoms with Crippen LogP contribution in [0.25, 0.3) is 23.0 Å². The first-order chi connectivity index (χ1) is 15.1. The lowest BCUT2D eigenvalue weighted by Crippen LogP contribution is -2.20. The van der Waals surface area contributed by atoms with Crippen molar-refractivity contribution < 1.29 is 9.18 Å². The SMILES string of the molecule is O=C(/C=C\c1c(F)cccc1Cl)NCc1cn(-c2ccccc2)nc1-c1ccccc1. The number of para-hydroxylation sites is 1. The Morgan fingerprint density at radius 1 is 1.00 bits per heavy atom. The molecule has 0 aliphatic rings. The first kappa shape index (κ1) is 20.6. The van der Waals surface area contributed by atoms with Crippen molar-refractivity contribution in [1.29, 1.82) is 0 Å². The Hall–Kier alpha value is -3.70. The fourth-order valence-electron chi connectivity index (χ4n) is 3.16. The molecule has 0 saturated carbocycles. The number of aromatic nitrogens is 2. The summed E-state index contributed by atoms with van der Waals surface area (Å²) < 4.78 is 15.7. The Bertz CT molecular complexity index is 1200. The molecule has 4 nitrogen and oxygen atoms in total. The molecule has 1 aromatic heterocycles. The molecule has 31 heavy (non-hydrogen) atoms. The molecule has 0 saturated heterocycles. The molecule has 4 rings (SSSR count). The van der Waals surface area contributed by atoms with Gasteiger partial charge in [0.05, 0.1) is 16.4 Å². The third kappa shape index (κ3) is 4.90. The van der Waals surface area contributed by atoms with Crippen molar-refractivity contribution >= 4 is 23.6 Å². The van der Waals surface area contributed by atoms with Crippen molar-refractivity contribution in [2.45, 2.75) is 6.54 Å². The fraction of sp³-hybridized carbons (Fsp3) is 0.0400. The summed E-state index contributed by atoms with van der Waals surface area (Å²) in [5.41, 5.74) is 3.70. The number of rotatable bonds is 6. The average Bonchev–Trinajstić information content (AvgIpc) is 3.23. The lowest BCUT2D eigenvalue weighted by Gasteiger charge is -2.04. The predicted molar refractivity (Wildman–Crippen MR) is 121 cm³/mol. The van der Waals surface area contributed by atoms with Crippen molar-refractivity contribution in [3.8, 4) is 16.9 Å². The summed E-state index contributed by atoms with van der Waals surface area (Å²) in [7, 11) is 0. The van der Waals surface area contributed by atoms with Crippen LogP contribution in [-0.2, 0) is 11.3 Å². The highest BCUT2D eigenvalue weighted by Gasteiger charge is 2.13. The highest BCUT2D eigenvalue weighted by molar-refractivity contribution is 6.32. The van der Waals surface area contributed by atoms with Crippen LogP contribution >= 0.6 is 11.6 Å². The second kappa shape index (κ2) is 9.41. The zero-order chi connectivity index (χ0) is 21.6. The molecule has 1 amide bonds. The molecule has 1 N–H and O–H groups in total. The second-order valence-corrected chi connectivity index (χ2v) is 7.24. The van der Waals surface area contributed by atoms with Crippen LogP contribution in [0.3, 0.4) is 0 Å². The largest absolute Gasteiger partial charge is 0.348 e. The van der Waals surface area contributed by atoms with E-state index in [1.54, 1.807) is 10.7 Å². The quantitative estimate of drug-likeness (QED) is 0.400. The van der Waals surface area contributed by atoms with E-state index in [0.717, 1.165) is 22.5 Å². The molecule has 4 aromatic rings. The lowest BCUT2D eigenvalue weighted by atomic mass is 10.1. The van der Waals surface area contributed by atoms with Gasteiger partial charge in [0, 0.05) is 35.5 Å². The molecule has 0 atom stereocenters. The molecule has 3 aromatic carbocycles. The molecule has 6 heteroatoms. The number of carbonyl (C=O) groups is 1. The van der Waals surface area contributed by atoms with Gasteiger partial charge in [0.2, 0.25) is 5.91 Å². The minimum absolute atomic E-state index is 0.182. The second-order valence-electron chi connectivity index (χ2n) is 6.84. The van der Waals surface area contributed by atoms with Crippen molar-refractivity contribution in [1.82, 2.24) is 15.1 Å². The third-order valence-corrected chi connectivity index (χ3v) is 5.04. The summed E-state index contributed by atoms with van der Waals surface area (Å²) in [6.07, 6.45) is 4.54. The first-order valence-electron chi connectivity index (χ1n) is 9.71. The normalized spacial score (nSPS) is 11.0. The van der Waals surface area contributed by atoms with Crippen LogP contribution in [0.15, 0.2) is 91.1 Å². The molecule has 0 fully saturated rings. The molecule has 0 unspecified atom stereocenters. The summed E-state index contributed by atoms with van der Waals surface area (Å²) >= 11 is 6.00. The molecule has 0 bridgehead atoms. The van der Waals surface area contributed by atoms with Gasteiger partial charge < -0.3 is 5.32 Å². The number of hydrogen-bond acceptors (Lipinski definition) is 2. The highest BCUT2D eigenvalue weighted by atomic mass is 35.5. The van der Waals surface area contributed by atoms with Crippen molar-refractivity contribution in [2.24, 2.45) is 0 Å². The number of carbonyl (C=O) groups excluding carboxylic acids is 1. The molecule has 1 heterocycles. The molecule has 0 aliphatic carbocycles. The van der Waals surface area contributed by atoms with Gasteiger partial charge in [0.1, 0.15) is 5.82 Å². The van der Waals surface area contributed by atoms with Crippen LogP contribution in [0.4, 0.5) is 4.39 Å². The Morgan fingerprint density at radius 3 is 2.42 bits per heavy atom. The van der Waals surface area contributed by atoms with Gasteiger partial charge >= 0.3 is 0 Å². The van der Waals surface area contributed by atoms with E-state index in [4.69, 9.17) is 16.7 Å². The summed E-state index contributed by atoms with van der Waals surface area (Å²) in [6, 6.07) is 23.9. The maximum Gasteiger partial charge on any atom is 0.244 e. The maximum absolute atomic E-state index is 13.9. The number of nitrogens with one attached hydrogen (secondary N) is 1. The van der Waals surface area contributed by atoms with Gasteiger partial charge in [0.25, 0.3) is 0 Å². The number of halogens is 2. The first-order valence-corrected chi connectivity index (χ1v) is 10.1. The molecular formula is C25H19ClFN3O. The standard InChI is InChI=1S/C25H19ClFN3O/c26-22-12-7-13-23(27)21(22)14-15-24(31)28-16-19-17-30(20-10-5-2-6-11-20)29-25(19)18-8-3-1-4-9-18/h1-15,17H,16H2,(H,28,31)/b15-14-. The number of hydrogen-bond donors (Lipinski definition) is 1. The van der Waals surface area contributed by atoms with Crippen LogP contribution in [-0.4, -0.2) is 15.7 Å². The van der Waals surface area contributed by atoms with Crippen LogP contribution in [0, 0.1) is 5.82 Å². The predicted octanol–water partition coefficient (Wildman–Crippen LogP) is 5.66. The fourth-order valence-corrected chi connectivity index (χ4v) is 3.39. The van der Waals surface area contributed by atoms with Crippen LogP contribution in [0.1, 0.15) is 11.1 Å². The Kier molecular flexibility index (Phi) is 6.24.